The average molecular weight is 372 g/mol. The second-order valence-electron chi connectivity index (χ2n) is 6.43. The third-order valence-electron chi connectivity index (χ3n) is 4.28. The maximum absolute atomic E-state index is 13.1. The summed E-state index contributed by atoms with van der Waals surface area (Å²) >= 11 is 0. The van der Waals surface area contributed by atoms with Crippen LogP contribution in [0.4, 0.5) is 0 Å². The molecule has 0 aliphatic rings. The van der Waals surface area contributed by atoms with Gasteiger partial charge in [-0.3, -0.25) is 0 Å². The van der Waals surface area contributed by atoms with Crippen LogP contribution in [0.2, 0.25) is 0 Å². The van der Waals surface area contributed by atoms with Gasteiger partial charge >= 0.3 is 5.97 Å². The van der Waals surface area contributed by atoms with Gasteiger partial charge in [-0.25, -0.2) is 22.2 Å². The van der Waals surface area contributed by atoms with E-state index >= 15 is 0 Å². The van der Waals surface area contributed by atoms with Crippen LogP contribution in [0.3, 0.4) is 0 Å². The van der Waals surface area contributed by atoms with Crippen LogP contribution in [0.1, 0.15) is 41.4 Å². The summed E-state index contributed by atoms with van der Waals surface area (Å²) in [4.78, 5) is 16.1. The molecule has 0 aliphatic heterocycles. The summed E-state index contributed by atoms with van der Waals surface area (Å²) in [5, 5.41) is 0.672. The molecule has 0 atom stereocenters. The number of nitrogens with zero attached hydrogens (tertiary/aromatic N) is 2. The minimum atomic E-state index is -3.77. The van der Waals surface area contributed by atoms with Gasteiger partial charge in [-0.05, 0) is 36.6 Å². The summed E-state index contributed by atoms with van der Waals surface area (Å²) < 4.78 is 32.2. The quantitative estimate of drug-likeness (QED) is 0.655. The second kappa shape index (κ2) is 6.57. The van der Waals surface area contributed by atoms with Crippen LogP contribution in [0, 0.1) is 6.92 Å². The number of ether oxygens (including phenoxy) is 1. The fraction of sp³-hybridized carbons (Fsp3) is 0.263. The van der Waals surface area contributed by atoms with E-state index in [0.29, 0.717) is 10.9 Å². The van der Waals surface area contributed by atoms with E-state index in [9.17, 15) is 13.2 Å². The molecule has 0 unspecified atom stereocenters. The molecule has 136 valence electrons. The highest BCUT2D eigenvalue weighted by molar-refractivity contribution is 7.90. The van der Waals surface area contributed by atoms with Gasteiger partial charge < -0.3 is 4.74 Å². The third-order valence-corrected chi connectivity index (χ3v) is 5.97. The molecule has 0 bridgehead atoms. The van der Waals surface area contributed by atoms with Crippen molar-refractivity contribution in [2.75, 3.05) is 7.11 Å². The van der Waals surface area contributed by atoms with Crippen molar-refractivity contribution in [2.24, 2.45) is 0 Å². The van der Waals surface area contributed by atoms with Gasteiger partial charge in [-0.2, -0.15) is 0 Å². The molecule has 0 amide bonds. The Balaban J connectivity index is 2.26. The van der Waals surface area contributed by atoms with Crippen molar-refractivity contribution >= 4 is 26.9 Å². The minimum Gasteiger partial charge on any atom is -0.464 e. The number of carbonyl (C=O) groups excluding carboxylic acids is 1. The molecule has 1 aromatic carbocycles. The predicted octanol–water partition coefficient (Wildman–Crippen LogP) is 3.49. The summed E-state index contributed by atoms with van der Waals surface area (Å²) in [7, 11) is -2.49. The van der Waals surface area contributed by atoms with Crippen LogP contribution >= 0.6 is 0 Å². The number of pyridine rings is 1. The fourth-order valence-corrected chi connectivity index (χ4v) is 4.18. The monoisotopic (exact) mass is 372 g/mol. The van der Waals surface area contributed by atoms with Crippen molar-refractivity contribution < 1.29 is 17.9 Å². The lowest BCUT2D eigenvalue weighted by Crippen LogP contribution is -2.12. The first-order valence-electron chi connectivity index (χ1n) is 8.17. The Labute approximate surface area is 152 Å². The van der Waals surface area contributed by atoms with Crippen LogP contribution in [0.5, 0.6) is 0 Å². The van der Waals surface area contributed by atoms with E-state index in [4.69, 9.17) is 4.74 Å². The number of aryl methyl sites for hydroxylation is 1. The number of rotatable bonds is 4. The Morgan fingerprint density at radius 1 is 1.19 bits per heavy atom. The molecule has 2 aromatic heterocycles. The lowest BCUT2D eigenvalue weighted by atomic mass is 10.0. The van der Waals surface area contributed by atoms with Gasteiger partial charge in [0.25, 0.3) is 10.0 Å². The number of esters is 1. The van der Waals surface area contributed by atoms with E-state index in [1.165, 1.54) is 17.3 Å². The van der Waals surface area contributed by atoms with Crippen molar-refractivity contribution in [1.29, 1.82) is 0 Å². The molecule has 0 spiro atoms. The predicted molar refractivity (Wildman–Crippen MR) is 98.9 cm³/mol. The van der Waals surface area contributed by atoms with Crippen LogP contribution in [-0.2, 0) is 14.8 Å². The first kappa shape index (κ1) is 18.1. The number of fused-ring (bicyclic) bond motifs is 1. The van der Waals surface area contributed by atoms with Crippen LogP contribution in [0.15, 0.2) is 47.6 Å². The number of methoxy groups -OCH3 is 1. The highest BCUT2D eigenvalue weighted by Gasteiger charge is 2.23. The normalized spacial score (nSPS) is 11.9. The smallest absolute Gasteiger partial charge is 0.356 e. The number of hydrogen-bond donors (Lipinski definition) is 0. The zero-order valence-electron chi connectivity index (χ0n) is 15.1. The van der Waals surface area contributed by atoms with Crippen LogP contribution < -0.4 is 0 Å². The maximum Gasteiger partial charge on any atom is 0.356 e. The Bertz CT molecular complexity index is 1080. The minimum absolute atomic E-state index is 0.0693. The summed E-state index contributed by atoms with van der Waals surface area (Å²) in [5.41, 5.74) is 2.38. The molecule has 26 heavy (non-hydrogen) atoms. The molecule has 7 heteroatoms. The highest BCUT2D eigenvalue weighted by atomic mass is 32.2. The summed E-state index contributed by atoms with van der Waals surface area (Å²) in [5.74, 6) is -0.490. The molecule has 0 radical (unpaired) electrons. The zero-order valence-corrected chi connectivity index (χ0v) is 15.9. The standard InChI is InChI=1S/C19H20N2O4S/c1-12(2)16-11-21(26(23,24)14-7-5-13(3)6-8-14)18-10-20-17(9-15(16)18)19(22)25-4/h5-12H,1-4H3. The molecule has 0 aliphatic carbocycles. The number of aromatic nitrogens is 2. The van der Waals surface area contributed by atoms with Gasteiger partial charge in [0.15, 0.2) is 0 Å². The van der Waals surface area contributed by atoms with E-state index in [1.54, 1.807) is 36.5 Å². The second-order valence-corrected chi connectivity index (χ2v) is 8.25. The van der Waals surface area contributed by atoms with Crippen molar-refractivity contribution in [3.8, 4) is 0 Å². The summed E-state index contributed by atoms with van der Waals surface area (Å²) in [6.45, 7) is 5.84. The number of benzene rings is 1. The Morgan fingerprint density at radius 3 is 2.42 bits per heavy atom. The molecule has 0 N–H and O–H groups in total. The average Bonchev–Trinajstić information content (AvgIpc) is 3.01. The molecule has 0 saturated carbocycles. The first-order valence-corrected chi connectivity index (χ1v) is 9.61. The van der Waals surface area contributed by atoms with Crippen molar-refractivity contribution in [1.82, 2.24) is 8.96 Å². The summed E-state index contributed by atoms with van der Waals surface area (Å²) in [6.07, 6.45) is 3.01. The van der Waals surface area contributed by atoms with Crippen molar-refractivity contribution in [3.05, 3.63) is 59.5 Å². The first-order chi connectivity index (χ1) is 12.3. The lowest BCUT2D eigenvalue weighted by Gasteiger charge is -2.08. The van der Waals surface area contributed by atoms with Gasteiger partial charge in [-0.15, -0.1) is 0 Å². The molecule has 0 fully saturated rings. The Kier molecular flexibility index (Phi) is 4.58. The van der Waals surface area contributed by atoms with Gasteiger partial charge in [0, 0.05) is 11.6 Å². The topological polar surface area (TPSA) is 78.3 Å². The van der Waals surface area contributed by atoms with Crippen molar-refractivity contribution in [2.45, 2.75) is 31.6 Å². The van der Waals surface area contributed by atoms with Crippen LogP contribution in [-0.4, -0.2) is 30.5 Å². The fourth-order valence-electron chi connectivity index (χ4n) is 2.82. The molecule has 0 saturated heterocycles. The zero-order chi connectivity index (χ0) is 19.1. The SMILES string of the molecule is COC(=O)c1cc2c(C(C)C)cn(S(=O)(=O)c3ccc(C)cc3)c2cn1. The van der Waals surface area contributed by atoms with E-state index < -0.39 is 16.0 Å². The Morgan fingerprint density at radius 2 is 1.85 bits per heavy atom. The maximum atomic E-state index is 13.1. The van der Waals surface area contributed by atoms with Gasteiger partial charge in [0.1, 0.15) is 5.69 Å². The van der Waals surface area contributed by atoms with E-state index in [1.807, 2.05) is 20.8 Å². The van der Waals surface area contributed by atoms with Gasteiger partial charge in [0.05, 0.1) is 23.7 Å². The summed E-state index contributed by atoms with van der Waals surface area (Å²) in [6, 6.07) is 8.27. The molecule has 3 aromatic rings. The molecule has 3 rings (SSSR count). The molecular weight excluding hydrogens is 352 g/mol. The number of carbonyl (C=O) groups is 1. The van der Waals surface area contributed by atoms with E-state index in [2.05, 4.69) is 4.98 Å². The Hall–Kier alpha value is -2.67. The number of hydrogen-bond acceptors (Lipinski definition) is 5. The van der Waals surface area contributed by atoms with Crippen LogP contribution in [0.25, 0.3) is 10.9 Å². The van der Waals surface area contributed by atoms with Gasteiger partial charge in [0.2, 0.25) is 0 Å². The lowest BCUT2D eigenvalue weighted by molar-refractivity contribution is 0.0594. The van der Waals surface area contributed by atoms with E-state index in [0.717, 1.165) is 11.1 Å². The molecule has 6 nitrogen and oxygen atoms in total. The largest absolute Gasteiger partial charge is 0.464 e. The van der Waals surface area contributed by atoms with Gasteiger partial charge in [-0.1, -0.05) is 31.5 Å². The third kappa shape index (κ3) is 2.99. The molecule has 2 heterocycles. The highest BCUT2D eigenvalue weighted by Crippen LogP contribution is 2.30. The van der Waals surface area contributed by atoms with Crippen molar-refractivity contribution in [3.63, 3.8) is 0 Å². The molecular formula is C19H20N2O4S. The van der Waals surface area contributed by atoms with E-state index in [-0.39, 0.29) is 16.5 Å².